The fraction of sp³-hybridized carbons (Fsp3) is 0.360. The zero-order valence-corrected chi connectivity index (χ0v) is 19.2. The van der Waals surface area contributed by atoms with Gasteiger partial charge in [0.1, 0.15) is 22.0 Å². The molecule has 1 aliphatic rings. The Labute approximate surface area is 193 Å². The maximum atomic E-state index is 13.2. The number of nitrogens with one attached hydrogen (secondary N) is 1. The van der Waals surface area contributed by atoms with E-state index in [0.29, 0.717) is 17.1 Å². The van der Waals surface area contributed by atoms with E-state index >= 15 is 0 Å². The van der Waals surface area contributed by atoms with E-state index in [1.54, 1.807) is 6.07 Å². The minimum atomic E-state index is -0.768. The summed E-state index contributed by atoms with van der Waals surface area (Å²) in [4.78, 5) is 13.2. The Morgan fingerprint density at radius 1 is 1.16 bits per heavy atom. The summed E-state index contributed by atoms with van der Waals surface area (Å²) in [7, 11) is 0. The quantitative estimate of drug-likeness (QED) is 0.512. The first kappa shape index (κ1) is 23.2. The van der Waals surface area contributed by atoms with E-state index in [4.69, 9.17) is 27.9 Å². The van der Waals surface area contributed by atoms with E-state index in [2.05, 4.69) is 25.2 Å². The van der Waals surface area contributed by atoms with Gasteiger partial charge in [0.2, 0.25) is 5.91 Å². The zero-order chi connectivity index (χ0) is 22.4. The van der Waals surface area contributed by atoms with Crippen LogP contribution in [0, 0.1) is 28.6 Å². The van der Waals surface area contributed by atoms with Crippen molar-refractivity contribution in [3.05, 3.63) is 70.7 Å². The molecule has 1 fully saturated rings. The van der Waals surface area contributed by atoms with Gasteiger partial charge in [-0.1, -0.05) is 79.9 Å². The van der Waals surface area contributed by atoms with Crippen molar-refractivity contribution in [2.75, 3.05) is 0 Å². The Balaban J connectivity index is 1.75. The van der Waals surface area contributed by atoms with Crippen molar-refractivity contribution in [1.82, 2.24) is 5.32 Å². The number of nitriles is 1. The first-order chi connectivity index (χ1) is 14.8. The van der Waals surface area contributed by atoms with Crippen LogP contribution in [0.15, 0.2) is 65.2 Å². The number of halogens is 2. The minimum Gasteiger partial charge on any atom is -0.457 e. The fourth-order valence-corrected chi connectivity index (χ4v) is 4.58. The van der Waals surface area contributed by atoms with Crippen molar-refractivity contribution < 1.29 is 9.53 Å². The fourth-order valence-electron chi connectivity index (χ4n) is 4.28. The van der Waals surface area contributed by atoms with Gasteiger partial charge in [-0.3, -0.25) is 4.79 Å². The summed E-state index contributed by atoms with van der Waals surface area (Å²) in [6, 6.07) is 18.1. The van der Waals surface area contributed by atoms with Gasteiger partial charge in [0.15, 0.2) is 0 Å². The second-order valence-electron chi connectivity index (χ2n) is 8.43. The van der Waals surface area contributed by atoms with Gasteiger partial charge in [0, 0.05) is 5.92 Å². The highest BCUT2D eigenvalue weighted by Crippen LogP contribution is 2.46. The van der Waals surface area contributed by atoms with Gasteiger partial charge >= 0.3 is 0 Å². The van der Waals surface area contributed by atoms with Crippen LogP contribution in [-0.2, 0) is 4.79 Å². The van der Waals surface area contributed by atoms with Crippen molar-refractivity contribution in [3.63, 3.8) is 0 Å². The molecule has 4 nitrogen and oxygen atoms in total. The normalized spacial score (nSPS) is 20.7. The number of amides is 1. The Bertz CT molecular complexity index is 979. The molecule has 3 unspecified atom stereocenters. The van der Waals surface area contributed by atoms with Gasteiger partial charge in [-0.2, -0.15) is 5.26 Å². The lowest BCUT2D eigenvalue weighted by Crippen LogP contribution is -2.45. The van der Waals surface area contributed by atoms with Crippen LogP contribution < -0.4 is 10.1 Å². The summed E-state index contributed by atoms with van der Waals surface area (Å²) in [6.07, 6.45) is 4.43. The molecule has 162 valence electrons. The van der Waals surface area contributed by atoms with E-state index in [0.717, 1.165) is 19.3 Å². The zero-order valence-electron chi connectivity index (χ0n) is 17.6. The molecule has 3 rings (SSSR count). The topological polar surface area (TPSA) is 62.1 Å². The van der Waals surface area contributed by atoms with Gasteiger partial charge in [-0.15, -0.1) is 0 Å². The van der Waals surface area contributed by atoms with Crippen LogP contribution in [0.25, 0.3) is 0 Å². The van der Waals surface area contributed by atoms with Gasteiger partial charge < -0.3 is 10.1 Å². The van der Waals surface area contributed by atoms with Crippen LogP contribution in [0.4, 0.5) is 0 Å². The Morgan fingerprint density at radius 3 is 2.55 bits per heavy atom. The summed E-state index contributed by atoms with van der Waals surface area (Å²) >= 11 is 11.8. The summed E-state index contributed by atoms with van der Waals surface area (Å²) in [5.41, 5.74) is 0.355. The van der Waals surface area contributed by atoms with Crippen molar-refractivity contribution >= 4 is 29.1 Å². The Hall–Kier alpha value is -2.48. The molecule has 2 aromatic rings. The third-order valence-corrected chi connectivity index (χ3v) is 6.34. The number of carbonyl (C=O) groups is 1. The maximum absolute atomic E-state index is 13.2. The molecule has 6 heteroatoms. The molecule has 0 radical (unpaired) electrons. The van der Waals surface area contributed by atoms with Crippen LogP contribution in [0.5, 0.6) is 11.5 Å². The molecule has 31 heavy (non-hydrogen) atoms. The largest absolute Gasteiger partial charge is 0.457 e. The second kappa shape index (κ2) is 10.2. The van der Waals surface area contributed by atoms with Gasteiger partial charge in [0.25, 0.3) is 0 Å². The molecule has 0 bridgehead atoms. The van der Waals surface area contributed by atoms with Crippen LogP contribution in [0.1, 0.15) is 44.7 Å². The molecule has 3 atom stereocenters. The lowest BCUT2D eigenvalue weighted by atomic mass is 9.62. The lowest BCUT2D eigenvalue weighted by Gasteiger charge is -2.43. The molecule has 0 heterocycles. The third-order valence-electron chi connectivity index (χ3n) is 6.09. The summed E-state index contributed by atoms with van der Waals surface area (Å²) < 4.78 is 6.09. The van der Waals surface area contributed by atoms with Gasteiger partial charge in [-0.05, 0) is 54.0 Å². The minimum absolute atomic E-state index is 0.102. The number of ether oxygens (including phenoxy) is 1. The van der Waals surface area contributed by atoms with E-state index in [1.807, 2.05) is 54.6 Å². The van der Waals surface area contributed by atoms with E-state index < -0.39 is 6.04 Å². The molecule has 2 aromatic carbocycles. The maximum Gasteiger partial charge on any atom is 0.224 e. The number of hydrogen-bond acceptors (Lipinski definition) is 3. The summed E-state index contributed by atoms with van der Waals surface area (Å²) in [5, 5.41) is 12.7. The molecule has 0 saturated heterocycles. The van der Waals surface area contributed by atoms with Crippen molar-refractivity contribution in [1.29, 1.82) is 5.26 Å². The highest BCUT2D eigenvalue weighted by Gasteiger charge is 2.43. The Morgan fingerprint density at radius 2 is 1.87 bits per heavy atom. The SMILES string of the molecule is CC1(C)C(C=C(Cl)Cl)CCCC1C(=O)NC(C#N)c1cccc(Oc2ccccc2)c1. The molecule has 1 aliphatic carbocycles. The number of para-hydroxylation sites is 1. The van der Waals surface area contributed by atoms with Crippen LogP contribution in [0.2, 0.25) is 0 Å². The van der Waals surface area contributed by atoms with E-state index in [9.17, 15) is 10.1 Å². The molecular formula is C25H26Cl2N2O2. The molecule has 1 amide bonds. The highest BCUT2D eigenvalue weighted by molar-refractivity contribution is 6.55. The number of allylic oxidation sites excluding steroid dienone is 1. The van der Waals surface area contributed by atoms with Crippen LogP contribution in [0.3, 0.4) is 0 Å². The average molecular weight is 457 g/mol. The Kier molecular flexibility index (Phi) is 7.64. The molecule has 0 spiro atoms. The van der Waals surface area contributed by atoms with E-state index in [-0.39, 0.29) is 27.6 Å². The number of benzene rings is 2. The van der Waals surface area contributed by atoms with Crippen LogP contribution >= 0.6 is 23.2 Å². The molecule has 0 aliphatic heterocycles. The third kappa shape index (κ3) is 5.81. The average Bonchev–Trinajstić information content (AvgIpc) is 2.74. The number of nitrogens with zero attached hydrogens (tertiary/aromatic N) is 1. The van der Waals surface area contributed by atoms with E-state index in [1.165, 1.54) is 0 Å². The van der Waals surface area contributed by atoms with Crippen molar-refractivity contribution in [2.45, 2.75) is 39.2 Å². The molecule has 0 aromatic heterocycles. The molecule has 1 N–H and O–H groups in total. The highest BCUT2D eigenvalue weighted by atomic mass is 35.5. The molecule has 1 saturated carbocycles. The number of rotatable bonds is 6. The lowest BCUT2D eigenvalue weighted by molar-refractivity contribution is -0.132. The van der Waals surface area contributed by atoms with Gasteiger partial charge in [0.05, 0.1) is 6.07 Å². The summed E-state index contributed by atoms with van der Waals surface area (Å²) in [6.45, 7) is 4.12. The van der Waals surface area contributed by atoms with Crippen molar-refractivity contribution in [3.8, 4) is 17.6 Å². The summed E-state index contributed by atoms with van der Waals surface area (Å²) in [5.74, 6) is 1.05. The predicted octanol–water partition coefficient (Wildman–Crippen LogP) is 6.92. The van der Waals surface area contributed by atoms with Crippen molar-refractivity contribution in [2.24, 2.45) is 17.3 Å². The first-order valence-electron chi connectivity index (χ1n) is 10.4. The van der Waals surface area contributed by atoms with Gasteiger partial charge in [-0.25, -0.2) is 0 Å². The molecular weight excluding hydrogens is 431 g/mol. The monoisotopic (exact) mass is 456 g/mol. The first-order valence-corrected chi connectivity index (χ1v) is 11.1. The smallest absolute Gasteiger partial charge is 0.224 e. The number of hydrogen-bond donors (Lipinski definition) is 1. The predicted molar refractivity (Wildman–Crippen MR) is 124 cm³/mol. The standard InChI is InChI=1S/C25H26Cl2N2O2/c1-25(2)18(15-23(26)27)9-7-13-21(25)24(30)29-22(16-28)17-8-6-12-20(14-17)31-19-10-4-3-5-11-19/h3-6,8,10-12,14-15,18,21-22H,7,9,13H2,1-2H3,(H,29,30). The number of carbonyl (C=O) groups excluding carboxylic acids is 1. The second-order valence-corrected chi connectivity index (χ2v) is 9.43. The van der Waals surface area contributed by atoms with Crippen LogP contribution in [-0.4, -0.2) is 5.91 Å².